The van der Waals surface area contributed by atoms with E-state index in [-0.39, 0.29) is 5.91 Å². The van der Waals surface area contributed by atoms with Crippen molar-refractivity contribution in [2.45, 2.75) is 0 Å². The van der Waals surface area contributed by atoms with Gasteiger partial charge >= 0.3 is 0 Å². The minimum Gasteiger partial charge on any atom is -0.490 e. The van der Waals surface area contributed by atoms with Crippen LogP contribution in [0.1, 0.15) is 5.56 Å². The Morgan fingerprint density at radius 2 is 1.92 bits per heavy atom. The second kappa shape index (κ2) is 8.58. The van der Waals surface area contributed by atoms with Gasteiger partial charge in [0.25, 0.3) is 5.91 Å². The van der Waals surface area contributed by atoms with E-state index in [0.29, 0.717) is 39.0 Å². The third-order valence-electron chi connectivity index (χ3n) is 3.59. The highest BCUT2D eigenvalue weighted by Gasteiger charge is 2.28. The van der Waals surface area contributed by atoms with Gasteiger partial charge < -0.3 is 9.47 Å². The van der Waals surface area contributed by atoms with Crippen LogP contribution in [0.25, 0.3) is 6.08 Å². The summed E-state index contributed by atoms with van der Waals surface area (Å²) in [4.78, 5) is 14.1. The predicted molar refractivity (Wildman–Crippen MR) is 110 cm³/mol. The van der Waals surface area contributed by atoms with Gasteiger partial charge in [-0.25, -0.2) is 0 Å². The Morgan fingerprint density at radius 1 is 1.15 bits per heavy atom. The molecule has 0 saturated carbocycles. The number of carbonyl (C=O) groups is 1. The van der Waals surface area contributed by atoms with Crippen molar-refractivity contribution in [3.8, 4) is 11.5 Å². The lowest BCUT2D eigenvalue weighted by Crippen LogP contribution is -2.22. The summed E-state index contributed by atoms with van der Waals surface area (Å²) in [5.41, 5.74) is 0.878. The van der Waals surface area contributed by atoms with Crippen molar-refractivity contribution in [1.29, 1.82) is 0 Å². The minimum atomic E-state index is -0.0838. The quantitative estimate of drug-likeness (QED) is 0.398. The molecular formula is C19H16ClNO3S2. The maximum atomic E-state index is 12.1. The Morgan fingerprint density at radius 3 is 2.65 bits per heavy atom. The topological polar surface area (TPSA) is 38.8 Å². The zero-order valence-electron chi connectivity index (χ0n) is 14.0. The number of benzene rings is 2. The van der Waals surface area contributed by atoms with Gasteiger partial charge in [0.1, 0.15) is 29.0 Å². The van der Waals surface area contributed by atoms with Crippen molar-refractivity contribution >= 4 is 51.9 Å². The molecule has 1 fully saturated rings. The van der Waals surface area contributed by atoms with Crippen LogP contribution in [-0.2, 0) is 4.79 Å². The van der Waals surface area contributed by atoms with E-state index < -0.39 is 0 Å². The van der Waals surface area contributed by atoms with Crippen LogP contribution in [-0.4, -0.2) is 35.4 Å². The van der Waals surface area contributed by atoms with E-state index in [1.165, 1.54) is 16.7 Å². The lowest BCUT2D eigenvalue weighted by Gasteiger charge is -2.10. The van der Waals surface area contributed by atoms with Crippen molar-refractivity contribution in [2.75, 3.05) is 20.3 Å². The summed E-state index contributed by atoms with van der Waals surface area (Å²) in [7, 11) is 1.68. The average Bonchev–Trinajstić information content (AvgIpc) is 2.87. The van der Waals surface area contributed by atoms with Crippen molar-refractivity contribution in [3.63, 3.8) is 0 Å². The number of thiocarbonyl (C=S) groups is 1. The first-order valence-electron chi connectivity index (χ1n) is 7.86. The molecule has 0 N–H and O–H groups in total. The van der Waals surface area contributed by atoms with Crippen LogP contribution in [0.15, 0.2) is 53.4 Å². The molecule has 1 aliphatic heterocycles. The number of nitrogens with zero attached hydrogens (tertiary/aromatic N) is 1. The van der Waals surface area contributed by atoms with Crippen LogP contribution in [0.2, 0.25) is 5.02 Å². The van der Waals surface area contributed by atoms with Crippen molar-refractivity contribution in [3.05, 3.63) is 64.0 Å². The van der Waals surface area contributed by atoms with Crippen molar-refractivity contribution in [2.24, 2.45) is 0 Å². The number of amides is 1. The lowest BCUT2D eigenvalue weighted by atomic mass is 10.2. The fourth-order valence-corrected chi connectivity index (χ4v) is 3.63. The Bertz CT molecular complexity index is 869. The van der Waals surface area contributed by atoms with E-state index in [1.54, 1.807) is 13.1 Å². The molecule has 3 rings (SSSR count). The second-order valence-electron chi connectivity index (χ2n) is 5.44. The van der Waals surface area contributed by atoms with Crippen molar-refractivity contribution < 1.29 is 14.3 Å². The first-order valence-corrected chi connectivity index (χ1v) is 9.46. The van der Waals surface area contributed by atoms with Gasteiger partial charge in [-0.2, -0.15) is 0 Å². The largest absolute Gasteiger partial charge is 0.490 e. The van der Waals surface area contributed by atoms with Gasteiger partial charge in [0.15, 0.2) is 0 Å². The Hall–Kier alpha value is -2.02. The van der Waals surface area contributed by atoms with E-state index in [9.17, 15) is 4.79 Å². The van der Waals surface area contributed by atoms with Crippen LogP contribution in [0, 0.1) is 0 Å². The third-order valence-corrected chi connectivity index (χ3v) is 5.39. The maximum absolute atomic E-state index is 12.1. The molecule has 134 valence electrons. The monoisotopic (exact) mass is 405 g/mol. The van der Waals surface area contributed by atoms with Gasteiger partial charge in [0.05, 0.1) is 9.93 Å². The molecule has 0 aliphatic carbocycles. The summed E-state index contributed by atoms with van der Waals surface area (Å²) < 4.78 is 11.9. The Balaban J connectivity index is 1.57. The second-order valence-corrected chi connectivity index (χ2v) is 7.52. The summed E-state index contributed by atoms with van der Waals surface area (Å²) in [6.07, 6.45) is 1.82. The molecule has 0 radical (unpaired) electrons. The number of hydrogen-bond donors (Lipinski definition) is 0. The van der Waals surface area contributed by atoms with E-state index in [1.807, 2.05) is 48.5 Å². The van der Waals surface area contributed by atoms with Gasteiger partial charge in [-0.1, -0.05) is 59.8 Å². The number of halogens is 1. The molecule has 1 saturated heterocycles. The Kier molecular flexibility index (Phi) is 6.19. The molecule has 0 atom stereocenters. The van der Waals surface area contributed by atoms with Gasteiger partial charge in [-0.15, -0.1) is 0 Å². The molecular weight excluding hydrogens is 390 g/mol. The summed E-state index contributed by atoms with van der Waals surface area (Å²) in [5, 5.41) is 0.572. The van der Waals surface area contributed by atoms with E-state index in [0.717, 1.165) is 5.56 Å². The molecule has 0 aromatic heterocycles. The van der Waals surface area contributed by atoms with Crippen LogP contribution >= 0.6 is 35.6 Å². The first kappa shape index (κ1) is 18.8. The molecule has 1 amide bonds. The number of carbonyl (C=O) groups excluding carboxylic acids is 1. The van der Waals surface area contributed by atoms with Gasteiger partial charge in [0.2, 0.25) is 0 Å². The van der Waals surface area contributed by atoms with E-state index in [2.05, 4.69) is 0 Å². The summed E-state index contributed by atoms with van der Waals surface area (Å²) in [6.45, 7) is 0.758. The number of rotatable bonds is 6. The van der Waals surface area contributed by atoms with Gasteiger partial charge in [-0.3, -0.25) is 9.69 Å². The lowest BCUT2D eigenvalue weighted by molar-refractivity contribution is -0.121. The van der Waals surface area contributed by atoms with Gasteiger partial charge in [-0.05, 0) is 35.9 Å². The molecule has 2 aromatic rings. The molecule has 4 nitrogen and oxygen atoms in total. The van der Waals surface area contributed by atoms with E-state index in [4.69, 9.17) is 33.3 Å². The molecule has 1 heterocycles. The number of likely N-dealkylation sites (N-methyl/N-ethyl adjacent to an activating group) is 1. The SMILES string of the molecule is CN1C(=O)C(=Cc2cccc(OCCOc3ccccc3Cl)c2)SC1=S. The van der Waals surface area contributed by atoms with Crippen LogP contribution < -0.4 is 9.47 Å². The zero-order valence-corrected chi connectivity index (χ0v) is 16.4. The fraction of sp³-hybridized carbons (Fsp3) is 0.158. The van der Waals surface area contributed by atoms with E-state index >= 15 is 0 Å². The number of hydrogen-bond acceptors (Lipinski definition) is 5. The number of para-hydroxylation sites is 1. The summed E-state index contributed by atoms with van der Waals surface area (Å²) in [6, 6.07) is 14.8. The molecule has 0 bridgehead atoms. The first-order chi connectivity index (χ1) is 12.5. The molecule has 0 spiro atoms. The predicted octanol–water partition coefficient (Wildman–Crippen LogP) is 4.63. The smallest absolute Gasteiger partial charge is 0.265 e. The Labute approximate surface area is 166 Å². The maximum Gasteiger partial charge on any atom is 0.265 e. The normalized spacial score (nSPS) is 15.6. The highest BCUT2D eigenvalue weighted by molar-refractivity contribution is 8.26. The highest BCUT2D eigenvalue weighted by atomic mass is 35.5. The average molecular weight is 406 g/mol. The number of thioether (sulfide) groups is 1. The fourth-order valence-electron chi connectivity index (χ4n) is 2.26. The van der Waals surface area contributed by atoms with Crippen LogP contribution in [0.4, 0.5) is 0 Å². The highest BCUT2D eigenvalue weighted by Crippen LogP contribution is 2.31. The molecule has 0 unspecified atom stereocenters. The molecule has 2 aromatic carbocycles. The molecule has 7 heteroatoms. The number of ether oxygens (including phenoxy) is 2. The summed E-state index contributed by atoms with van der Waals surface area (Å²) in [5.74, 6) is 1.25. The van der Waals surface area contributed by atoms with Crippen molar-refractivity contribution in [1.82, 2.24) is 4.90 Å². The summed E-state index contributed by atoms with van der Waals surface area (Å²) >= 11 is 12.5. The van der Waals surface area contributed by atoms with Crippen LogP contribution in [0.3, 0.4) is 0 Å². The standard InChI is InChI=1S/C19H16ClNO3S2/c1-21-18(22)17(26-19(21)25)12-13-5-4-6-14(11-13)23-9-10-24-16-8-3-2-7-15(16)20/h2-8,11-12H,9-10H2,1H3. The van der Waals surface area contributed by atoms with Crippen LogP contribution in [0.5, 0.6) is 11.5 Å². The molecule has 1 aliphatic rings. The third kappa shape index (κ3) is 4.58. The van der Waals surface area contributed by atoms with Gasteiger partial charge in [0, 0.05) is 7.05 Å². The molecule has 26 heavy (non-hydrogen) atoms. The zero-order chi connectivity index (χ0) is 18.5. The minimum absolute atomic E-state index is 0.0838.